The van der Waals surface area contributed by atoms with E-state index in [9.17, 15) is 0 Å². The minimum atomic E-state index is 0.125. The Morgan fingerprint density at radius 2 is 2.00 bits per heavy atom. The van der Waals surface area contributed by atoms with Crippen molar-refractivity contribution in [3.8, 4) is 11.5 Å². The lowest BCUT2D eigenvalue weighted by Crippen LogP contribution is -2.22. The number of likely N-dealkylation sites (tertiary alicyclic amines) is 1. The van der Waals surface area contributed by atoms with E-state index in [-0.39, 0.29) is 6.10 Å². The second-order valence-electron chi connectivity index (χ2n) is 7.82. The van der Waals surface area contributed by atoms with Gasteiger partial charge in [0.25, 0.3) is 0 Å². The van der Waals surface area contributed by atoms with E-state index in [1.165, 1.54) is 12.0 Å². The molecule has 0 unspecified atom stereocenters. The highest BCUT2D eigenvalue weighted by Crippen LogP contribution is 2.36. The van der Waals surface area contributed by atoms with Crippen molar-refractivity contribution in [3.63, 3.8) is 0 Å². The fraction of sp³-hybridized carbons (Fsp3) is 0.591. The first-order valence-corrected chi connectivity index (χ1v) is 10.1. The number of hydrogen-bond donors (Lipinski definition) is 0. The lowest BCUT2D eigenvalue weighted by molar-refractivity contribution is 0.205. The predicted octanol–water partition coefficient (Wildman–Crippen LogP) is 5.32. The van der Waals surface area contributed by atoms with Gasteiger partial charge in [-0.1, -0.05) is 25.1 Å². The molecule has 2 aromatic rings. The van der Waals surface area contributed by atoms with Crippen LogP contribution in [0.3, 0.4) is 0 Å². The van der Waals surface area contributed by atoms with Crippen LogP contribution < -0.4 is 9.47 Å². The summed E-state index contributed by atoms with van der Waals surface area (Å²) in [6.45, 7) is 12.9. The van der Waals surface area contributed by atoms with Gasteiger partial charge in [-0.3, -0.25) is 4.90 Å². The smallest absolute Gasteiger partial charge is 0.161 e. The van der Waals surface area contributed by atoms with Crippen molar-refractivity contribution in [3.05, 3.63) is 41.3 Å². The molecule has 1 atom stereocenters. The third kappa shape index (κ3) is 4.83. The van der Waals surface area contributed by atoms with Crippen molar-refractivity contribution in [2.24, 2.45) is 0 Å². The summed E-state index contributed by atoms with van der Waals surface area (Å²) in [6, 6.07) is 8.69. The van der Waals surface area contributed by atoms with Gasteiger partial charge < -0.3 is 14.0 Å². The Kier molecular flexibility index (Phi) is 6.42. The monoisotopic (exact) mass is 372 g/mol. The molecule has 148 valence electrons. The molecule has 3 rings (SSSR count). The van der Waals surface area contributed by atoms with Gasteiger partial charge >= 0.3 is 0 Å². The molecular weight excluding hydrogens is 340 g/mol. The first-order chi connectivity index (χ1) is 13.0. The van der Waals surface area contributed by atoms with Crippen LogP contribution in [0.25, 0.3) is 0 Å². The zero-order valence-electron chi connectivity index (χ0n) is 17.2. The number of rotatable bonds is 8. The van der Waals surface area contributed by atoms with Crippen LogP contribution in [0.2, 0.25) is 0 Å². The molecule has 1 aromatic carbocycles. The molecule has 0 spiro atoms. The number of hydrogen-bond acceptors (Lipinski definition) is 5. The topological polar surface area (TPSA) is 47.7 Å². The largest absolute Gasteiger partial charge is 0.490 e. The van der Waals surface area contributed by atoms with Gasteiger partial charge in [-0.25, -0.2) is 0 Å². The zero-order chi connectivity index (χ0) is 19.4. The fourth-order valence-corrected chi connectivity index (χ4v) is 3.58. The second kappa shape index (κ2) is 8.79. The maximum Gasteiger partial charge on any atom is 0.161 e. The third-order valence-electron chi connectivity index (χ3n) is 4.89. The predicted molar refractivity (Wildman–Crippen MR) is 106 cm³/mol. The molecule has 0 N–H and O–H groups in total. The van der Waals surface area contributed by atoms with E-state index in [4.69, 9.17) is 14.0 Å². The van der Waals surface area contributed by atoms with Gasteiger partial charge in [0.05, 0.1) is 24.4 Å². The molecule has 0 amide bonds. The van der Waals surface area contributed by atoms with Crippen LogP contribution in [0.15, 0.2) is 28.8 Å². The van der Waals surface area contributed by atoms with Crippen LogP contribution in [0.1, 0.15) is 76.4 Å². The lowest BCUT2D eigenvalue weighted by atomic mass is 10.1. The summed E-state index contributed by atoms with van der Waals surface area (Å²) in [5, 5.41) is 4.24. The molecule has 0 radical (unpaired) electrons. The Hall–Kier alpha value is -2.01. The molecular formula is C22H32N2O3. The van der Waals surface area contributed by atoms with Gasteiger partial charge in [-0.05, 0) is 63.8 Å². The maximum atomic E-state index is 5.88. The Labute approximate surface area is 162 Å². The average Bonchev–Trinajstić information content (AvgIpc) is 3.26. The summed E-state index contributed by atoms with van der Waals surface area (Å²) in [5.41, 5.74) is 2.26. The summed E-state index contributed by atoms with van der Waals surface area (Å²) < 4.78 is 17.4. The maximum absolute atomic E-state index is 5.88. The average molecular weight is 373 g/mol. The van der Waals surface area contributed by atoms with Crippen LogP contribution in [0, 0.1) is 0 Å². The molecule has 0 saturated carbocycles. The molecule has 5 nitrogen and oxygen atoms in total. The van der Waals surface area contributed by atoms with E-state index in [0.717, 1.165) is 42.5 Å². The molecule has 0 aliphatic carbocycles. The third-order valence-corrected chi connectivity index (χ3v) is 4.89. The molecule has 1 aromatic heterocycles. The molecule has 0 bridgehead atoms. The van der Waals surface area contributed by atoms with Gasteiger partial charge in [-0.2, -0.15) is 0 Å². The highest BCUT2D eigenvalue weighted by Gasteiger charge is 2.29. The number of nitrogens with zero attached hydrogens (tertiary/aromatic N) is 2. The zero-order valence-corrected chi connectivity index (χ0v) is 17.2. The van der Waals surface area contributed by atoms with Crippen LogP contribution in [0.5, 0.6) is 11.5 Å². The fourth-order valence-electron chi connectivity index (χ4n) is 3.58. The first kappa shape index (κ1) is 19.7. The van der Waals surface area contributed by atoms with Crippen LogP contribution in [-0.4, -0.2) is 29.3 Å². The first-order valence-electron chi connectivity index (χ1n) is 10.1. The molecule has 1 aliphatic rings. The van der Waals surface area contributed by atoms with Crippen LogP contribution >= 0.6 is 0 Å². The number of ether oxygens (including phenoxy) is 2. The van der Waals surface area contributed by atoms with E-state index >= 15 is 0 Å². The summed E-state index contributed by atoms with van der Waals surface area (Å²) in [6.07, 6.45) is 2.41. The van der Waals surface area contributed by atoms with Crippen LogP contribution in [-0.2, 0) is 6.54 Å². The highest BCUT2D eigenvalue weighted by atomic mass is 16.5. The highest BCUT2D eigenvalue weighted by molar-refractivity contribution is 5.43. The summed E-state index contributed by atoms with van der Waals surface area (Å²) in [7, 11) is 0. The quantitative estimate of drug-likeness (QED) is 0.627. The van der Waals surface area contributed by atoms with Crippen molar-refractivity contribution >= 4 is 0 Å². The van der Waals surface area contributed by atoms with E-state index in [2.05, 4.69) is 42.1 Å². The molecule has 27 heavy (non-hydrogen) atoms. The molecule has 5 heteroatoms. The summed E-state index contributed by atoms with van der Waals surface area (Å²) >= 11 is 0. The minimum Gasteiger partial charge on any atom is -0.490 e. The van der Waals surface area contributed by atoms with Gasteiger partial charge in [0.1, 0.15) is 0 Å². The lowest BCUT2D eigenvalue weighted by Gasteiger charge is -2.23. The van der Waals surface area contributed by atoms with Crippen molar-refractivity contribution < 1.29 is 14.0 Å². The number of aromatic nitrogens is 1. The van der Waals surface area contributed by atoms with Gasteiger partial charge in [0, 0.05) is 12.6 Å². The minimum absolute atomic E-state index is 0.125. The Morgan fingerprint density at radius 3 is 2.67 bits per heavy atom. The SMILES string of the molecule is CCOc1cc(CN2CCC[C@H]2c2cc(C(C)C)no2)ccc1OC(C)C. The van der Waals surface area contributed by atoms with Crippen molar-refractivity contribution in [2.75, 3.05) is 13.2 Å². The van der Waals surface area contributed by atoms with E-state index in [1.807, 2.05) is 26.8 Å². The van der Waals surface area contributed by atoms with Gasteiger partial charge in [0.2, 0.25) is 0 Å². The molecule has 2 heterocycles. The Balaban J connectivity index is 1.75. The second-order valence-corrected chi connectivity index (χ2v) is 7.82. The Morgan fingerprint density at radius 1 is 1.19 bits per heavy atom. The molecule has 1 saturated heterocycles. The van der Waals surface area contributed by atoms with E-state index < -0.39 is 0 Å². The summed E-state index contributed by atoms with van der Waals surface area (Å²) in [5.74, 6) is 3.01. The summed E-state index contributed by atoms with van der Waals surface area (Å²) in [4.78, 5) is 2.47. The van der Waals surface area contributed by atoms with Gasteiger partial charge in [-0.15, -0.1) is 0 Å². The van der Waals surface area contributed by atoms with Gasteiger partial charge in [0.15, 0.2) is 17.3 Å². The number of benzene rings is 1. The molecule has 1 aliphatic heterocycles. The normalized spacial score (nSPS) is 17.8. The van der Waals surface area contributed by atoms with Crippen LogP contribution in [0.4, 0.5) is 0 Å². The Bertz CT molecular complexity index is 739. The standard InChI is InChI=1S/C22H32N2O3/c1-6-25-22-12-17(9-10-20(22)26-16(4)5)14-24-11-7-8-19(24)21-13-18(15(2)3)23-27-21/h9-10,12-13,15-16,19H,6-8,11,14H2,1-5H3/t19-/m0/s1. The van der Waals surface area contributed by atoms with Crippen molar-refractivity contribution in [1.82, 2.24) is 10.1 Å². The van der Waals surface area contributed by atoms with Crippen molar-refractivity contribution in [2.45, 2.75) is 72.1 Å². The van der Waals surface area contributed by atoms with E-state index in [0.29, 0.717) is 18.6 Å². The van der Waals surface area contributed by atoms with Crippen molar-refractivity contribution in [1.29, 1.82) is 0 Å². The molecule has 1 fully saturated rings. The van der Waals surface area contributed by atoms with E-state index in [1.54, 1.807) is 0 Å².